The molecule has 1 heterocycles. The maximum atomic E-state index is 14.4. The second kappa shape index (κ2) is 5.71. The predicted molar refractivity (Wildman–Crippen MR) is 80.5 cm³/mol. The quantitative estimate of drug-likeness (QED) is 0.920. The fourth-order valence-corrected chi connectivity index (χ4v) is 2.75. The lowest BCUT2D eigenvalue weighted by Crippen LogP contribution is -2.21. The Morgan fingerprint density at radius 2 is 1.80 bits per heavy atom. The molecule has 0 fully saturated rings. The smallest absolute Gasteiger partial charge is 0.128 e. The Kier molecular flexibility index (Phi) is 4.19. The van der Waals surface area contributed by atoms with Crippen LogP contribution < -0.4 is 5.32 Å². The van der Waals surface area contributed by atoms with Gasteiger partial charge in [-0.15, -0.1) is 0 Å². The van der Waals surface area contributed by atoms with E-state index in [9.17, 15) is 4.39 Å². The molecule has 0 saturated carbocycles. The summed E-state index contributed by atoms with van der Waals surface area (Å²) in [4.78, 5) is 4.48. The van der Waals surface area contributed by atoms with Gasteiger partial charge in [0.15, 0.2) is 0 Å². The first kappa shape index (κ1) is 14.7. The molecule has 2 nitrogen and oxygen atoms in total. The van der Waals surface area contributed by atoms with Gasteiger partial charge in [0.05, 0.1) is 6.04 Å². The number of hydrogen-bond donors (Lipinski definition) is 1. The predicted octanol–water partition coefficient (Wildman–Crippen LogP) is 3.76. The van der Waals surface area contributed by atoms with Gasteiger partial charge in [0.2, 0.25) is 0 Å². The van der Waals surface area contributed by atoms with E-state index in [1.165, 1.54) is 0 Å². The molecule has 1 aromatic heterocycles. The van der Waals surface area contributed by atoms with Crippen LogP contribution in [0.15, 0.2) is 24.3 Å². The van der Waals surface area contributed by atoms with Crippen LogP contribution in [0.2, 0.25) is 0 Å². The van der Waals surface area contributed by atoms with Crippen LogP contribution in [0.5, 0.6) is 0 Å². The zero-order valence-corrected chi connectivity index (χ0v) is 12.7. The molecule has 1 atom stereocenters. The largest absolute Gasteiger partial charge is 0.309 e. The number of nitrogens with zero attached hydrogens (tertiary/aromatic N) is 1. The van der Waals surface area contributed by atoms with Crippen LogP contribution in [0.3, 0.4) is 0 Å². The summed E-state index contributed by atoms with van der Waals surface area (Å²) in [7, 11) is 1.85. The third-order valence-corrected chi connectivity index (χ3v) is 3.63. The zero-order valence-electron chi connectivity index (χ0n) is 12.7. The number of rotatable bonds is 3. The highest BCUT2D eigenvalue weighted by molar-refractivity contribution is 5.41. The Morgan fingerprint density at radius 3 is 2.35 bits per heavy atom. The lowest BCUT2D eigenvalue weighted by Gasteiger charge is -2.22. The molecule has 0 aliphatic heterocycles. The highest BCUT2D eigenvalue weighted by atomic mass is 19.1. The first-order chi connectivity index (χ1) is 9.43. The molecule has 20 heavy (non-hydrogen) atoms. The van der Waals surface area contributed by atoms with E-state index in [1.807, 2.05) is 52.9 Å². The van der Waals surface area contributed by atoms with Crippen LogP contribution in [-0.2, 0) is 0 Å². The molecule has 2 rings (SSSR count). The summed E-state index contributed by atoms with van der Waals surface area (Å²) in [6.07, 6.45) is 0. The summed E-state index contributed by atoms with van der Waals surface area (Å²) in [6, 6.07) is 7.42. The van der Waals surface area contributed by atoms with Crippen molar-refractivity contribution in [1.29, 1.82) is 0 Å². The molecule has 0 aliphatic carbocycles. The van der Waals surface area contributed by atoms with Gasteiger partial charge in [-0.3, -0.25) is 4.98 Å². The molecule has 1 aromatic carbocycles. The van der Waals surface area contributed by atoms with E-state index in [0.717, 1.165) is 28.1 Å². The summed E-state index contributed by atoms with van der Waals surface area (Å²) in [5, 5.41) is 3.22. The summed E-state index contributed by atoms with van der Waals surface area (Å²) >= 11 is 0. The monoisotopic (exact) mass is 272 g/mol. The molecular formula is C17H21FN2. The highest BCUT2D eigenvalue weighted by Crippen LogP contribution is 2.29. The standard InChI is InChI=1S/C17H21FN2/c1-10-8-11(2)16(15(18)9-10)17(19-5)14-7-6-12(3)20-13(14)4/h6-9,17,19H,1-5H3. The fourth-order valence-electron chi connectivity index (χ4n) is 2.75. The molecule has 1 unspecified atom stereocenters. The number of aryl methyl sites for hydroxylation is 4. The van der Waals surface area contributed by atoms with E-state index < -0.39 is 0 Å². The Balaban J connectivity index is 2.58. The van der Waals surface area contributed by atoms with Crippen molar-refractivity contribution in [2.45, 2.75) is 33.7 Å². The number of hydrogen-bond acceptors (Lipinski definition) is 2. The van der Waals surface area contributed by atoms with Crippen molar-refractivity contribution in [2.24, 2.45) is 0 Å². The summed E-state index contributed by atoms with van der Waals surface area (Å²) < 4.78 is 14.4. The summed E-state index contributed by atoms with van der Waals surface area (Å²) in [5.74, 6) is -0.165. The van der Waals surface area contributed by atoms with E-state index in [1.54, 1.807) is 6.07 Å². The molecule has 0 radical (unpaired) electrons. The molecule has 106 valence electrons. The number of benzene rings is 1. The third kappa shape index (κ3) is 2.73. The maximum Gasteiger partial charge on any atom is 0.128 e. The van der Waals surface area contributed by atoms with Crippen molar-refractivity contribution in [3.8, 4) is 0 Å². The van der Waals surface area contributed by atoms with Crippen molar-refractivity contribution >= 4 is 0 Å². The number of aromatic nitrogens is 1. The van der Waals surface area contributed by atoms with Gasteiger partial charge in [0, 0.05) is 17.0 Å². The van der Waals surface area contributed by atoms with Crippen LogP contribution in [0.25, 0.3) is 0 Å². The molecule has 3 heteroatoms. The second-order valence-electron chi connectivity index (χ2n) is 5.33. The van der Waals surface area contributed by atoms with E-state index in [4.69, 9.17) is 0 Å². The lowest BCUT2D eigenvalue weighted by atomic mass is 9.92. The maximum absolute atomic E-state index is 14.4. The van der Waals surface area contributed by atoms with Gasteiger partial charge in [-0.2, -0.15) is 0 Å². The van der Waals surface area contributed by atoms with Crippen LogP contribution in [-0.4, -0.2) is 12.0 Å². The lowest BCUT2D eigenvalue weighted by molar-refractivity contribution is 0.570. The molecule has 0 amide bonds. The highest BCUT2D eigenvalue weighted by Gasteiger charge is 2.21. The normalized spacial score (nSPS) is 12.5. The summed E-state index contributed by atoms with van der Waals surface area (Å²) in [6.45, 7) is 7.79. The number of nitrogens with one attached hydrogen (secondary N) is 1. The van der Waals surface area contributed by atoms with Gasteiger partial charge in [-0.1, -0.05) is 12.1 Å². The van der Waals surface area contributed by atoms with Gasteiger partial charge < -0.3 is 5.32 Å². The zero-order chi connectivity index (χ0) is 14.9. The van der Waals surface area contributed by atoms with Crippen LogP contribution in [0.4, 0.5) is 4.39 Å². The van der Waals surface area contributed by atoms with Crippen molar-refractivity contribution in [1.82, 2.24) is 10.3 Å². The SMILES string of the molecule is CNC(c1ccc(C)nc1C)c1c(C)cc(C)cc1F. The van der Waals surface area contributed by atoms with Crippen LogP contribution >= 0.6 is 0 Å². The Hall–Kier alpha value is -1.74. The molecule has 0 spiro atoms. The van der Waals surface area contributed by atoms with Crippen molar-refractivity contribution < 1.29 is 4.39 Å². The minimum absolute atomic E-state index is 0.165. The Morgan fingerprint density at radius 1 is 1.10 bits per heavy atom. The number of pyridine rings is 1. The second-order valence-corrected chi connectivity index (χ2v) is 5.33. The molecule has 2 aromatic rings. The molecule has 1 N–H and O–H groups in total. The van der Waals surface area contributed by atoms with Crippen LogP contribution in [0.1, 0.15) is 39.7 Å². The van der Waals surface area contributed by atoms with Crippen molar-refractivity contribution in [3.63, 3.8) is 0 Å². The van der Waals surface area contributed by atoms with Gasteiger partial charge in [-0.25, -0.2) is 4.39 Å². The van der Waals surface area contributed by atoms with Gasteiger partial charge in [-0.05, 0) is 63.6 Å². The first-order valence-electron chi connectivity index (χ1n) is 6.82. The molecule has 0 aliphatic rings. The van der Waals surface area contributed by atoms with Gasteiger partial charge in [0.1, 0.15) is 5.82 Å². The van der Waals surface area contributed by atoms with Crippen LogP contribution in [0, 0.1) is 33.5 Å². The number of halogens is 1. The fraction of sp³-hybridized carbons (Fsp3) is 0.353. The molecule has 0 saturated heterocycles. The van der Waals surface area contributed by atoms with Crippen molar-refractivity contribution in [3.05, 3.63) is 63.7 Å². The Bertz CT molecular complexity index is 612. The topological polar surface area (TPSA) is 24.9 Å². The molecular weight excluding hydrogens is 251 g/mol. The Labute approximate surface area is 120 Å². The minimum atomic E-state index is -0.177. The van der Waals surface area contributed by atoms with E-state index >= 15 is 0 Å². The van der Waals surface area contributed by atoms with E-state index in [2.05, 4.69) is 10.3 Å². The van der Waals surface area contributed by atoms with Gasteiger partial charge in [0.25, 0.3) is 0 Å². The van der Waals surface area contributed by atoms with E-state index in [-0.39, 0.29) is 11.9 Å². The minimum Gasteiger partial charge on any atom is -0.309 e. The first-order valence-corrected chi connectivity index (χ1v) is 6.82. The average Bonchev–Trinajstić information content (AvgIpc) is 2.34. The third-order valence-electron chi connectivity index (χ3n) is 3.63. The van der Waals surface area contributed by atoms with Gasteiger partial charge >= 0.3 is 0 Å². The van der Waals surface area contributed by atoms with Crippen molar-refractivity contribution in [2.75, 3.05) is 7.05 Å². The van der Waals surface area contributed by atoms with E-state index in [0.29, 0.717) is 5.56 Å². The molecule has 0 bridgehead atoms. The summed E-state index contributed by atoms with van der Waals surface area (Å²) in [5.41, 5.74) is 5.53. The average molecular weight is 272 g/mol.